The summed E-state index contributed by atoms with van der Waals surface area (Å²) < 4.78 is 24.0. The fraction of sp³-hybridized carbons (Fsp3) is 0.373. The predicted octanol–water partition coefficient (Wildman–Crippen LogP) is 6.73. The maximum atomic E-state index is 14.6. The number of aliphatic carboxylic acids is 1. The van der Waals surface area contributed by atoms with Crippen molar-refractivity contribution in [2.24, 2.45) is 23.3 Å². The van der Waals surface area contributed by atoms with E-state index in [4.69, 9.17) is 42.0 Å². The molecule has 4 aromatic carbocycles. The van der Waals surface area contributed by atoms with Gasteiger partial charge in [-0.3, -0.25) is 38.5 Å². The number of hydrogen-bond donors (Lipinski definition) is 8. The quantitative estimate of drug-likeness (QED) is 0.0120. The number of fused-ring (bicyclic) bond motifs is 4. The van der Waals surface area contributed by atoms with Crippen molar-refractivity contribution in [3.05, 3.63) is 138 Å². The first-order valence-corrected chi connectivity index (χ1v) is 31.9. The number of anilines is 3. The first-order valence-electron chi connectivity index (χ1n) is 31.3. The van der Waals surface area contributed by atoms with Gasteiger partial charge in [-0.2, -0.15) is 0 Å². The number of imidazole rings is 1. The number of urea groups is 1. The molecule has 0 spiro atoms. The smallest absolute Gasteiger partial charge is 0.415 e. The number of phenolic OH excluding ortho intramolecular Hbond substituents is 1. The Morgan fingerprint density at radius 3 is 2.20 bits per heavy atom. The number of aromatic hydroxyl groups is 1. The largest absolute Gasteiger partial charge is 0.508 e. The molecule has 0 fully saturated rings. The summed E-state index contributed by atoms with van der Waals surface area (Å²) in [6, 6.07) is 21.3. The van der Waals surface area contributed by atoms with Gasteiger partial charge in [0.15, 0.2) is 5.78 Å². The predicted molar refractivity (Wildman–Crippen MR) is 355 cm³/mol. The van der Waals surface area contributed by atoms with Gasteiger partial charge in [-0.25, -0.2) is 24.2 Å². The minimum absolute atomic E-state index is 0.0127. The van der Waals surface area contributed by atoms with Gasteiger partial charge >= 0.3 is 30.3 Å². The van der Waals surface area contributed by atoms with Gasteiger partial charge in [0.25, 0.3) is 23.6 Å². The van der Waals surface area contributed by atoms with Gasteiger partial charge in [0.05, 0.1) is 37.2 Å². The van der Waals surface area contributed by atoms with Crippen molar-refractivity contribution >= 4 is 111 Å². The molecule has 6 aromatic rings. The number of pyridine rings is 1. The lowest BCUT2D eigenvalue weighted by molar-refractivity contribution is -0.139. The second kappa shape index (κ2) is 34.1. The molecule has 2 aromatic heterocycles. The number of amides is 10. The number of nitrogens with two attached hydrogens (primary N) is 2. The van der Waals surface area contributed by atoms with E-state index in [-0.39, 0.29) is 120 Å². The van der Waals surface area contributed by atoms with Crippen LogP contribution in [-0.4, -0.2) is 184 Å². The summed E-state index contributed by atoms with van der Waals surface area (Å²) in [4.78, 5) is 152. The van der Waals surface area contributed by atoms with Crippen LogP contribution in [0.25, 0.3) is 16.4 Å². The van der Waals surface area contributed by atoms with Crippen molar-refractivity contribution in [1.82, 2.24) is 34.7 Å². The number of aromatic nitrogens is 2. The number of benzene rings is 4. The molecule has 0 saturated heterocycles. The molecule has 97 heavy (non-hydrogen) atoms. The van der Waals surface area contributed by atoms with E-state index in [0.29, 0.717) is 57.5 Å². The molecule has 2 aliphatic heterocycles. The van der Waals surface area contributed by atoms with E-state index in [1.54, 1.807) is 79.0 Å². The molecule has 30 heteroatoms. The van der Waals surface area contributed by atoms with Gasteiger partial charge in [-0.15, -0.1) is 11.6 Å². The average molecular weight is 1360 g/mol. The molecule has 0 radical (unpaired) electrons. The van der Waals surface area contributed by atoms with Crippen LogP contribution < -0.4 is 42.4 Å². The summed E-state index contributed by atoms with van der Waals surface area (Å²) in [5.74, 6) is -5.35. The fourth-order valence-electron chi connectivity index (χ4n) is 10.9. The first kappa shape index (κ1) is 72.2. The summed E-state index contributed by atoms with van der Waals surface area (Å²) in [5, 5.41) is 31.0. The number of rotatable bonds is 33. The maximum Gasteiger partial charge on any atom is 0.415 e. The zero-order chi connectivity index (χ0) is 69.9. The van der Waals surface area contributed by atoms with E-state index in [9.17, 15) is 63.0 Å². The lowest BCUT2D eigenvalue weighted by atomic mass is 9.89. The lowest BCUT2D eigenvalue weighted by Crippen LogP contribution is -2.46. The molecule has 10 N–H and O–H groups in total. The normalized spacial score (nSPS) is 14.2. The third kappa shape index (κ3) is 19.7. The summed E-state index contributed by atoms with van der Waals surface area (Å²) in [5.41, 5.74) is 14.3. The van der Waals surface area contributed by atoms with Crippen molar-refractivity contribution in [3.8, 4) is 11.5 Å². The number of hydrogen-bond acceptors (Lipinski definition) is 18. The highest BCUT2D eigenvalue weighted by Crippen LogP contribution is 2.46. The fourth-order valence-corrected chi connectivity index (χ4v) is 11.1. The van der Waals surface area contributed by atoms with Crippen molar-refractivity contribution in [2.75, 3.05) is 87.6 Å². The van der Waals surface area contributed by atoms with E-state index < -0.39 is 89.5 Å². The minimum Gasteiger partial charge on any atom is -0.508 e. The Morgan fingerprint density at radius 2 is 1.51 bits per heavy atom. The maximum absolute atomic E-state index is 14.6. The highest BCUT2D eigenvalue weighted by atomic mass is 35.5. The van der Waals surface area contributed by atoms with E-state index in [1.807, 2.05) is 12.1 Å². The molecule has 0 aliphatic carbocycles. The number of halogens is 1. The van der Waals surface area contributed by atoms with E-state index >= 15 is 0 Å². The van der Waals surface area contributed by atoms with Gasteiger partial charge in [0, 0.05) is 111 Å². The van der Waals surface area contributed by atoms with Crippen LogP contribution in [0, 0.1) is 11.8 Å². The van der Waals surface area contributed by atoms with Gasteiger partial charge < -0.3 is 81.0 Å². The highest BCUT2D eigenvalue weighted by molar-refractivity contribution is 6.19. The number of carboxylic acid groups (broad SMARTS) is 1. The Kier molecular flexibility index (Phi) is 25.4. The molecular weight excluding hydrogens is 1280 g/mol. The van der Waals surface area contributed by atoms with Gasteiger partial charge in [-0.1, -0.05) is 50.2 Å². The third-order valence-electron chi connectivity index (χ3n) is 16.1. The van der Waals surface area contributed by atoms with Crippen LogP contribution in [0.4, 0.5) is 36.2 Å². The number of imide groups is 1. The van der Waals surface area contributed by atoms with Gasteiger partial charge in [0.2, 0.25) is 5.91 Å². The Balaban J connectivity index is 0.876. The monoisotopic (exact) mass is 1360 g/mol. The number of nitrogens with zero attached hydrogens (tertiary/aromatic N) is 6. The summed E-state index contributed by atoms with van der Waals surface area (Å²) in [7, 11) is 1.48. The summed E-state index contributed by atoms with van der Waals surface area (Å²) in [6.07, 6.45) is 3.89. The molecule has 10 amide bonds. The molecule has 4 atom stereocenters. The molecule has 514 valence electrons. The number of nitrogens with one attached hydrogen (secondary N) is 4. The third-order valence-corrected chi connectivity index (χ3v) is 16.5. The molecule has 8 rings (SSSR count). The van der Waals surface area contributed by atoms with Gasteiger partial charge in [-0.05, 0) is 103 Å². The SMILES string of the molecule is CC(C)[C@H](NC(=O)OCCOCCN1C(=O)C=CC1=O)C(=O)C[C@@H](CCCNC(N)=O)C(=O)Nc1ccc(COC(=O)N(C)CCN(CCCC[C@H](N)C(=O)O)C(=O)Oc2cc3c(c4ccccc24)[C@H](CCl)CN3C(=O)c2cn3cc(NC(=O)c4ccc(O)cc4)ccc3n2)cc1. The van der Waals surface area contributed by atoms with Crippen LogP contribution in [0.15, 0.2) is 116 Å². The number of unbranched alkanes of at least 4 members (excludes halogenated alkanes) is 1. The second-order valence-corrected chi connectivity index (χ2v) is 23.8. The van der Waals surface area contributed by atoms with Crippen molar-refractivity contribution in [3.63, 3.8) is 0 Å². The zero-order valence-electron chi connectivity index (χ0n) is 53.6. The van der Waals surface area contributed by atoms with E-state index in [0.717, 1.165) is 22.6 Å². The Bertz CT molecular complexity index is 3900. The van der Waals surface area contributed by atoms with E-state index in [1.165, 1.54) is 52.2 Å². The summed E-state index contributed by atoms with van der Waals surface area (Å²) >= 11 is 6.61. The van der Waals surface area contributed by atoms with Crippen LogP contribution in [-0.2, 0) is 44.8 Å². The van der Waals surface area contributed by atoms with Crippen molar-refractivity contribution in [2.45, 2.75) is 77.0 Å². The standard InChI is InChI=1S/C67H77ClN12O17/c1-40(2)59(75-65(91)95-32-31-94-30-29-79-56(83)23-24-57(79)84)53(82)33-43(9-8-25-71-64(70)90)61(86)72-45-17-13-41(14-18-45)39-96-66(92)76(3)27-28-77(26-7-6-12-50(69)63(88)89)67(93)97-54-34-52-58(49-11-5-4-10-48(49)54)44(35-68)36-80(52)62(87)51-38-78-37-46(19-22-55(78)74-51)73-60(85)42-15-20-47(81)21-16-42/h4-5,10-11,13-24,34,37-38,40,43-44,50,59,81H,6-9,12,25-33,35-36,39,69H2,1-3H3,(H,72,86)(H,73,85)(H,75,91)(H,88,89)(H3,70,71,90)/t43-,44-,50+,59+/m1/s1. The molecule has 0 bridgehead atoms. The average Bonchev–Trinajstić information content (AvgIpc) is 1.61. The van der Waals surface area contributed by atoms with Crippen molar-refractivity contribution < 1.29 is 81.9 Å². The number of phenols is 1. The number of carboxylic acids is 1. The number of likely N-dealkylation sites (N-methyl/N-ethyl adjacent to an activating group) is 1. The number of Topliss-reactive ketones (excluding diaryl/α,β-unsaturated/α-hetero) is 1. The summed E-state index contributed by atoms with van der Waals surface area (Å²) in [6.45, 7) is 3.24. The minimum atomic E-state index is -1.17. The van der Waals surface area contributed by atoms with Crippen LogP contribution in [0.1, 0.15) is 90.3 Å². The lowest BCUT2D eigenvalue weighted by Gasteiger charge is -2.26. The second-order valence-electron chi connectivity index (χ2n) is 23.5. The Labute approximate surface area is 562 Å². The number of primary amides is 1. The number of carbonyl (C=O) groups is 11. The number of ketones is 1. The molecule has 4 heterocycles. The van der Waals surface area contributed by atoms with Crippen LogP contribution in [0.2, 0.25) is 0 Å². The number of alkyl halides is 1. The topological polar surface area (TPSA) is 396 Å². The molecule has 0 saturated carbocycles. The van der Waals surface area contributed by atoms with Crippen molar-refractivity contribution in [1.29, 1.82) is 0 Å². The van der Waals surface area contributed by atoms with E-state index in [2.05, 4.69) is 26.3 Å². The molecule has 0 unspecified atom stereocenters. The first-order chi connectivity index (χ1) is 46.5. The highest BCUT2D eigenvalue weighted by Gasteiger charge is 2.37. The van der Waals surface area contributed by atoms with Crippen LogP contribution in [0.3, 0.4) is 0 Å². The number of alkyl carbamates (subject to hydrolysis) is 1. The molecule has 29 nitrogen and oxygen atoms in total. The number of carbonyl (C=O) groups excluding carboxylic acids is 10. The Hall–Kier alpha value is -10.7. The zero-order valence-corrected chi connectivity index (χ0v) is 54.4. The Morgan fingerprint density at radius 1 is 0.794 bits per heavy atom. The van der Waals surface area contributed by atoms with Crippen LogP contribution >= 0.6 is 11.6 Å². The van der Waals surface area contributed by atoms with Crippen LogP contribution in [0.5, 0.6) is 11.5 Å². The molecular formula is C67H77ClN12O17. The van der Waals surface area contributed by atoms with Gasteiger partial charge in [0.1, 0.15) is 42.1 Å². The molecule has 2 aliphatic rings. The number of ether oxygens (including phenoxy) is 4.